The molecule has 3 heterocycles. The molecule has 1 spiro atoms. The fraction of sp³-hybridized carbons (Fsp3) is 0.688. The number of ether oxygens (including phenoxy) is 1. The smallest absolute Gasteiger partial charge is 0.248 e. The van der Waals surface area contributed by atoms with Crippen LogP contribution >= 0.6 is 11.8 Å². The van der Waals surface area contributed by atoms with Gasteiger partial charge in [0, 0.05) is 53.1 Å². The number of thioether (sulfide) groups is 1. The van der Waals surface area contributed by atoms with Crippen molar-refractivity contribution in [3.63, 3.8) is 0 Å². The monoisotopic (exact) mass is 351 g/mol. The molecule has 0 N–H and O–H groups in total. The average molecular weight is 351 g/mol. The zero-order valence-corrected chi connectivity index (χ0v) is 15.5. The summed E-state index contributed by atoms with van der Waals surface area (Å²) >= 11 is 1.96. The first-order chi connectivity index (χ1) is 11.4. The van der Waals surface area contributed by atoms with Gasteiger partial charge in [-0.2, -0.15) is 0 Å². The third-order valence-corrected chi connectivity index (χ3v) is 6.07. The summed E-state index contributed by atoms with van der Waals surface area (Å²) in [6.45, 7) is 2.13. The molecule has 7 nitrogen and oxygen atoms in total. The van der Waals surface area contributed by atoms with E-state index in [1.807, 2.05) is 36.8 Å². The first-order valence-corrected chi connectivity index (χ1v) is 9.07. The third-order valence-electron chi connectivity index (χ3n) is 4.49. The maximum absolute atomic E-state index is 11.6. The summed E-state index contributed by atoms with van der Waals surface area (Å²) in [7, 11) is 7.47. The number of rotatable bonds is 5. The van der Waals surface area contributed by atoms with E-state index >= 15 is 0 Å². The van der Waals surface area contributed by atoms with Crippen LogP contribution in [0.4, 0.5) is 11.6 Å². The molecular formula is C16H25N5O2S. The zero-order chi connectivity index (χ0) is 17.3. The Hall–Kier alpha value is -1.54. The maximum Gasteiger partial charge on any atom is 0.248 e. The SMILES string of the molecule is CN(C)C(=O)CO[C@@H]1CSC2(C1)CN(c1cc(N(C)C)ncn1)C2. The van der Waals surface area contributed by atoms with E-state index in [1.54, 1.807) is 25.3 Å². The Kier molecular flexibility index (Phi) is 4.87. The molecule has 2 aliphatic heterocycles. The molecule has 0 unspecified atom stereocenters. The van der Waals surface area contributed by atoms with Gasteiger partial charge in [-0.25, -0.2) is 9.97 Å². The zero-order valence-electron chi connectivity index (χ0n) is 14.7. The number of amides is 1. The summed E-state index contributed by atoms with van der Waals surface area (Å²) in [4.78, 5) is 26.1. The second-order valence-electron chi connectivity index (χ2n) is 6.90. The van der Waals surface area contributed by atoms with Crippen molar-refractivity contribution in [3.05, 3.63) is 12.4 Å². The minimum absolute atomic E-state index is 0.0217. The summed E-state index contributed by atoms with van der Waals surface area (Å²) < 4.78 is 6.03. The van der Waals surface area contributed by atoms with Gasteiger partial charge in [-0.3, -0.25) is 4.79 Å². The highest BCUT2D eigenvalue weighted by Crippen LogP contribution is 2.47. The Morgan fingerprint density at radius 2 is 2.12 bits per heavy atom. The van der Waals surface area contributed by atoms with E-state index in [0.717, 1.165) is 36.9 Å². The fourth-order valence-electron chi connectivity index (χ4n) is 3.01. The van der Waals surface area contributed by atoms with Gasteiger partial charge < -0.3 is 19.4 Å². The summed E-state index contributed by atoms with van der Waals surface area (Å²) in [6.07, 6.45) is 2.79. The van der Waals surface area contributed by atoms with Crippen LogP contribution in [-0.4, -0.2) is 85.3 Å². The molecule has 1 aromatic heterocycles. The molecule has 0 aromatic carbocycles. The lowest BCUT2D eigenvalue weighted by Gasteiger charge is -2.48. The molecular weight excluding hydrogens is 326 g/mol. The van der Waals surface area contributed by atoms with Crippen LogP contribution in [0, 0.1) is 0 Å². The van der Waals surface area contributed by atoms with Crippen LogP contribution in [0.25, 0.3) is 0 Å². The number of anilines is 2. The van der Waals surface area contributed by atoms with Gasteiger partial charge >= 0.3 is 0 Å². The van der Waals surface area contributed by atoms with E-state index in [9.17, 15) is 4.79 Å². The number of carbonyl (C=O) groups excluding carboxylic acids is 1. The van der Waals surface area contributed by atoms with Gasteiger partial charge in [0.1, 0.15) is 24.6 Å². The first kappa shape index (κ1) is 17.3. The summed E-state index contributed by atoms with van der Waals surface area (Å²) in [6, 6.07) is 2.02. The second kappa shape index (κ2) is 6.76. The van der Waals surface area contributed by atoms with Gasteiger partial charge in [0.25, 0.3) is 0 Å². The minimum Gasteiger partial charge on any atom is -0.367 e. The second-order valence-corrected chi connectivity index (χ2v) is 8.39. The summed E-state index contributed by atoms with van der Waals surface area (Å²) in [5.74, 6) is 2.88. The minimum atomic E-state index is 0.0217. The van der Waals surface area contributed by atoms with Gasteiger partial charge in [-0.15, -0.1) is 11.8 Å². The highest BCUT2D eigenvalue weighted by Gasteiger charge is 2.50. The van der Waals surface area contributed by atoms with E-state index in [0.29, 0.717) is 0 Å². The molecule has 2 saturated heterocycles. The Bertz CT molecular complexity index is 604. The van der Waals surface area contributed by atoms with Crippen molar-refractivity contribution in [2.24, 2.45) is 0 Å². The molecule has 132 valence electrons. The van der Waals surface area contributed by atoms with Crippen molar-refractivity contribution in [3.8, 4) is 0 Å². The molecule has 8 heteroatoms. The molecule has 0 aliphatic carbocycles. The van der Waals surface area contributed by atoms with Crippen LogP contribution in [0.1, 0.15) is 6.42 Å². The van der Waals surface area contributed by atoms with Crippen molar-refractivity contribution in [2.45, 2.75) is 17.3 Å². The molecule has 1 aromatic rings. The van der Waals surface area contributed by atoms with E-state index in [2.05, 4.69) is 14.9 Å². The average Bonchev–Trinajstić information content (AvgIpc) is 2.95. The van der Waals surface area contributed by atoms with Crippen molar-refractivity contribution in [1.82, 2.24) is 14.9 Å². The number of carbonyl (C=O) groups is 1. The van der Waals surface area contributed by atoms with Crippen LogP contribution in [0.2, 0.25) is 0 Å². The molecule has 0 saturated carbocycles. The molecule has 24 heavy (non-hydrogen) atoms. The first-order valence-electron chi connectivity index (χ1n) is 8.09. The third kappa shape index (κ3) is 3.59. The van der Waals surface area contributed by atoms with E-state index in [1.165, 1.54) is 0 Å². The molecule has 3 rings (SSSR count). The highest BCUT2D eigenvalue weighted by atomic mass is 32.2. The molecule has 0 radical (unpaired) electrons. The van der Waals surface area contributed by atoms with Crippen LogP contribution < -0.4 is 9.80 Å². The van der Waals surface area contributed by atoms with Gasteiger partial charge in [0.2, 0.25) is 5.91 Å². The van der Waals surface area contributed by atoms with Crippen molar-refractivity contribution in [1.29, 1.82) is 0 Å². The quantitative estimate of drug-likeness (QED) is 0.774. The predicted octanol–water partition coefficient (Wildman–Crippen LogP) is 0.712. The lowest BCUT2D eigenvalue weighted by Crippen LogP contribution is -2.59. The van der Waals surface area contributed by atoms with Crippen molar-refractivity contribution < 1.29 is 9.53 Å². The Labute approximate surface area is 147 Å². The van der Waals surface area contributed by atoms with Crippen molar-refractivity contribution >= 4 is 29.3 Å². The largest absolute Gasteiger partial charge is 0.367 e. The number of nitrogens with zero attached hydrogens (tertiary/aromatic N) is 5. The van der Waals surface area contributed by atoms with Crippen molar-refractivity contribution in [2.75, 3.05) is 63.4 Å². The van der Waals surface area contributed by atoms with Gasteiger partial charge in [-0.1, -0.05) is 0 Å². The topological polar surface area (TPSA) is 61.8 Å². The predicted molar refractivity (Wildman–Crippen MR) is 96.8 cm³/mol. The van der Waals surface area contributed by atoms with Crippen LogP contribution in [-0.2, 0) is 9.53 Å². The summed E-state index contributed by atoms with van der Waals surface area (Å²) in [5.41, 5.74) is 0. The molecule has 1 atom stereocenters. The molecule has 2 aliphatic rings. The normalized spacial score (nSPS) is 21.7. The number of hydrogen-bond acceptors (Lipinski definition) is 7. The lowest BCUT2D eigenvalue weighted by atomic mass is 9.93. The Morgan fingerprint density at radius 1 is 1.38 bits per heavy atom. The van der Waals surface area contributed by atoms with Gasteiger partial charge in [-0.05, 0) is 6.42 Å². The van der Waals surface area contributed by atoms with Gasteiger partial charge in [0.05, 0.1) is 10.9 Å². The fourth-order valence-corrected chi connectivity index (χ4v) is 4.57. The number of likely N-dealkylation sites (N-methyl/N-ethyl adjacent to an activating group) is 1. The van der Waals surface area contributed by atoms with Crippen LogP contribution in [0.5, 0.6) is 0 Å². The molecule has 1 amide bonds. The molecule has 0 bridgehead atoms. The number of aromatic nitrogens is 2. The number of hydrogen-bond donors (Lipinski definition) is 0. The maximum atomic E-state index is 11.6. The van der Waals surface area contributed by atoms with Crippen LogP contribution in [0.15, 0.2) is 12.4 Å². The van der Waals surface area contributed by atoms with Gasteiger partial charge in [0.15, 0.2) is 0 Å². The Balaban J connectivity index is 1.51. The standard InChI is InChI=1S/C16H25N5O2S/c1-19(2)13-5-14(18-11-17-13)21-9-16(10-21)6-12(8-24-16)23-7-15(22)20(3)4/h5,11-12H,6-10H2,1-4H3/t12-/m0/s1. The van der Waals surface area contributed by atoms with E-state index in [-0.39, 0.29) is 23.4 Å². The van der Waals surface area contributed by atoms with Crippen LogP contribution in [0.3, 0.4) is 0 Å². The highest BCUT2D eigenvalue weighted by molar-refractivity contribution is 8.01. The molecule has 2 fully saturated rings. The summed E-state index contributed by atoms with van der Waals surface area (Å²) in [5, 5.41) is 0. The van der Waals surface area contributed by atoms with E-state index < -0.39 is 0 Å². The van der Waals surface area contributed by atoms with E-state index in [4.69, 9.17) is 4.74 Å². The lowest BCUT2D eigenvalue weighted by molar-refractivity contribution is -0.135. The Morgan fingerprint density at radius 3 is 2.79 bits per heavy atom.